The van der Waals surface area contributed by atoms with Gasteiger partial charge in [-0.2, -0.15) is 13.2 Å². The van der Waals surface area contributed by atoms with E-state index in [0.717, 1.165) is 18.2 Å². The normalized spacial score (nSPS) is 11.9. The van der Waals surface area contributed by atoms with E-state index < -0.39 is 22.6 Å². The average Bonchev–Trinajstić information content (AvgIpc) is 3.03. The largest absolute Gasteiger partial charge is 0.416 e. The zero-order valence-electron chi connectivity index (χ0n) is 13.8. The van der Waals surface area contributed by atoms with Crippen molar-refractivity contribution >= 4 is 40.4 Å². The smallest absolute Gasteiger partial charge is 0.327 e. The Kier molecular flexibility index (Phi) is 5.06. The highest BCUT2D eigenvalue weighted by molar-refractivity contribution is 6.34. The van der Waals surface area contributed by atoms with Gasteiger partial charge in [-0.25, -0.2) is 4.98 Å². The van der Waals surface area contributed by atoms with Crippen molar-refractivity contribution in [1.29, 1.82) is 0 Å². The van der Waals surface area contributed by atoms with E-state index in [2.05, 4.69) is 10.3 Å². The molecule has 0 aliphatic rings. The van der Waals surface area contributed by atoms with Gasteiger partial charge in [-0.05, 0) is 24.3 Å². The fourth-order valence-electron chi connectivity index (χ4n) is 2.40. The number of imidazole rings is 1. The van der Waals surface area contributed by atoms with Crippen molar-refractivity contribution in [2.75, 3.05) is 0 Å². The van der Waals surface area contributed by atoms with Gasteiger partial charge >= 0.3 is 6.18 Å². The highest BCUT2D eigenvalue weighted by Gasteiger charge is 2.30. The number of carbonyl (C=O) groups is 1. The Hall–Kier alpha value is -3.40. The lowest BCUT2D eigenvalue weighted by atomic mass is 10.2. The Bertz CT molecular complexity index is 1110. The van der Waals surface area contributed by atoms with E-state index >= 15 is 0 Å². The summed E-state index contributed by atoms with van der Waals surface area (Å²) in [6.07, 6.45) is -0.602. The summed E-state index contributed by atoms with van der Waals surface area (Å²) in [7, 11) is 0. The molecule has 0 atom stereocenters. The molecule has 28 heavy (non-hydrogen) atoms. The average molecular weight is 411 g/mol. The maximum absolute atomic E-state index is 12.7. The first-order valence-corrected chi connectivity index (χ1v) is 8.00. The molecule has 0 fully saturated rings. The van der Waals surface area contributed by atoms with Gasteiger partial charge in [-0.3, -0.25) is 14.9 Å². The number of fused-ring (bicyclic) bond motifs is 1. The van der Waals surface area contributed by atoms with Crippen molar-refractivity contribution < 1.29 is 22.9 Å². The second kappa shape index (κ2) is 7.31. The van der Waals surface area contributed by atoms with E-state index in [1.165, 1.54) is 41.5 Å². The van der Waals surface area contributed by atoms with Crippen molar-refractivity contribution in [3.8, 4) is 0 Å². The fraction of sp³-hybridized carbons (Fsp3) is 0.0588. The maximum atomic E-state index is 12.7. The number of nitrogens with zero attached hydrogens (tertiary/aromatic N) is 3. The van der Waals surface area contributed by atoms with E-state index in [9.17, 15) is 28.1 Å². The molecular formula is C17H10ClF3N4O3. The maximum Gasteiger partial charge on any atom is 0.416 e. The van der Waals surface area contributed by atoms with Crippen LogP contribution in [0.2, 0.25) is 5.02 Å². The Morgan fingerprint density at radius 1 is 1.25 bits per heavy atom. The number of alkyl halides is 3. The summed E-state index contributed by atoms with van der Waals surface area (Å²) in [5.41, 5.74) is -0.673. The third kappa shape index (κ3) is 3.96. The van der Waals surface area contributed by atoms with Crippen LogP contribution in [0.1, 0.15) is 15.9 Å². The van der Waals surface area contributed by atoms with E-state index in [1.54, 1.807) is 0 Å². The summed E-state index contributed by atoms with van der Waals surface area (Å²) in [6.45, 7) is 0. The highest BCUT2D eigenvalue weighted by atomic mass is 35.5. The minimum atomic E-state index is -4.47. The molecule has 0 spiro atoms. The standard InChI is InChI=1S/C17H10ClF3N4O3/c18-13-3-2-11(25(27)28)8-12(13)16(26)22-5-6-24-9-23-14-7-10(17(19,20)21)1-4-15(14)24/h1-9H,(H,22,26). The molecule has 1 aromatic heterocycles. The number of rotatable bonds is 4. The number of hydrogen-bond acceptors (Lipinski definition) is 4. The van der Waals surface area contributed by atoms with Crippen molar-refractivity contribution in [1.82, 2.24) is 14.9 Å². The van der Waals surface area contributed by atoms with Crippen molar-refractivity contribution in [3.05, 3.63) is 75.2 Å². The van der Waals surface area contributed by atoms with Gasteiger partial charge in [0, 0.05) is 24.5 Å². The van der Waals surface area contributed by atoms with E-state index in [0.29, 0.717) is 5.52 Å². The van der Waals surface area contributed by atoms with E-state index in [1.807, 2.05) is 0 Å². The van der Waals surface area contributed by atoms with Gasteiger partial charge in [0.25, 0.3) is 11.6 Å². The summed E-state index contributed by atoms with van der Waals surface area (Å²) in [5, 5.41) is 13.2. The van der Waals surface area contributed by atoms with Gasteiger partial charge in [0.15, 0.2) is 0 Å². The van der Waals surface area contributed by atoms with Crippen molar-refractivity contribution in [2.24, 2.45) is 0 Å². The monoisotopic (exact) mass is 410 g/mol. The van der Waals surface area contributed by atoms with Crippen LogP contribution in [0, 0.1) is 10.1 Å². The van der Waals surface area contributed by atoms with Crippen LogP contribution in [0.25, 0.3) is 17.2 Å². The van der Waals surface area contributed by atoms with Crippen LogP contribution >= 0.6 is 11.6 Å². The molecule has 7 nitrogen and oxygen atoms in total. The molecule has 11 heteroatoms. The molecule has 2 aromatic carbocycles. The zero-order valence-corrected chi connectivity index (χ0v) is 14.5. The summed E-state index contributed by atoms with van der Waals surface area (Å²) in [4.78, 5) is 26.2. The highest BCUT2D eigenvalue weighted by Crippen LogP contribution is 2.31. The second-order valence-corrected chi connectivity index (χ2v) is 5.97. The molecule has 0 saturated heterocycles. The van der Waals surface area contributed by atoms with Crippen LogP contribution in [0.4, 0.5) is 18.9 Å². The number of nitro groups is 1. The molecule has 0 radical (unpaired) electrons. The minimum Gasteiger partial charge on any atom is -0.327 e. The van der Waals surface area contributed by atoms with Gasteiger partial charge in [0.2, 0.25) is 0 Å². The topological polar surface area (TPSA) is 90.1 Å². The molecule has 1 amide bonds. The number of nitro benzene ring substituents is 1. The third-order valence-electron chi connectivity index (χ3n) is 3.76. The van der Waals surface area contributed by atoms with Gasteiger partial charge in [-0.1, -0.05) is 11.6 Å². The first kappa shape index (κ1) is 19.4. The molecule has 1 N–H and O–H groups in total. The summed E-state index contributed by atoms with van der Waals surface area (Å²) in [6, 6.07) is 6.55. The first-order chi connectivity index (χ1) is 13.2. The molecule has 0 aliphatic carbocycles. The lowest BCUT2D eigenvalue weighted by molar-refractivity contribution is -0.384. The quantitative estimate of drug-likeness (QED) is 0.507. The predicted octanol–water partition coefficient (Wildman–Crippen LogP) is 4.47. The van der Waals surface area contributed by atoms with Crippen molar-refractivity contribution in [3.63, 3.8) is 0 Å². The van der Waals surface area contributed by atoms with Crippen LogP contribution < -0.4 is 5.32 Å². The number of hydrogen-bond donors (Lipinski definition) is 1. The Morgan fingerprint density at radius 3 is 2.68 bits per heavy atom. The van der Waals surface area contributed by atoms with Crippen LogP contribution in [0.3, 0.4) is 0 Å². The van der Waals surface area contributed by atoms with Gasteiger partial charge in [0.05, 0.1) is 38.4 Å². The van der Waals surface area contributed by atoms with Gasteiger partial charge < -0.3 is 9.88 Å². The number of nitrogens with one attached hydrogen (secondary N) is 1. The van der Waals surface area contributed by atoms with Crippen molar-refractivity contribution in [2.45, 2.75) is 6.18 Å². The molecule has 0 bridgehead atoms. The molecule has 0 unspecified atom stereocenters. The van der Waals surface area contributed by atoms with E-state index in [-0.39, 0.29) is 21.8 Å². The second-order valence-electron chi connectivity index (χ2n) is 5.56. The Labute approximate surface area is 160 Å². The molecule has 1 heterocycles. The van der Waals surface area contributed by atoms with Gasteiger partial charge in [-0.15, -0.1) is 0 Å². The zero-order chi connectivity index (χ0) is 20.5. The molecular weight excluding hydrogens is 401 g/mol. The minimum absolute atomic E-state index is 0.0317. The molecule has 0 saturated carbocycles. The Balaban J connectivity index is 1.79. The number of benzene rings is 2. The SMILES string of the molecule is O=C(NC=Cn1cnc2cc(C(F)(F)F)ccc21)c1cc([N+](=O)[O-])ccc1Cl. The number of halogens is 4. The summed E-state index contributed by atoms with van der Waals surface area (Å²) >= 11 is 5.89. The van der Waals surface area contributed by atoms with Crippen LogP contribution in [0.15, 0.2) is 48.9 Å². The number of non-ortho nitro benzene ring substituents is 1. The number of aromatic nitrogens is 2. The molecule has 3 rings (SSSR count). The molecule has 3 aromatic rings. The molecule has 144 valence electrons. The van der Waals surface area contributed by atoms with Crippen LogP contribution in [0.5, 0.6) is 0 Å². The van der Waals surface area contributed by atoms with Gasteiger partial charge in [0.1, 0.15) is 0 Å². The Morgan fingerprint density at radius 2 is 2.00 bits per heavy atom. The number of amides is 1. The molecule has 0 aliphatic heterocycles. The summed E-state index contributed by atoms with van der Waals surface area (Å²) in [5.74, 6) is -0.686. The van der Waals surface area contributed by atoms with Crippen LogP contribution in [-0.2, 0) is 6.18 Å². The van der Waals surface area contributed by atoms with E-state index in [4.69, 9.17) is 11.6 Å². The predicted molar refractivity (Wildman–Crippen MR) is 95.6 cm³/mol. The third-order valence-corrected chi connectivity index (χ3v) is 4.09. The number of carbonyl (C=O) groups excluding carboxylic acids is 1. The summed E-state index contributed by atoms with van der Waals surface area (Å²) < 4.78 is 39.6. The van der Waals surface area contributed by atoms with Crippen LogP contribution in [-0.4, -0.2) is 20.4 Å². The first-order valence-electron chi connectivity index (χ1n) is 7.62. The lowest BCUT2D eigenvalue weighted by Crippen LogP contribution is -2.17. The fourth-order valence-corrected chi connectivity index (χ4v) is 2.60. The lowest BCUT2D eigenvalue weighted by Gasteiger charge is -2.06.